The first-order valence-electron chi connectivity index (χ1n) is 4.60. The molecule has 0 fully saturated rings. The number of carbonyl (C=O) groups is 2. The molecule has 0 saturated heterocycles. The highest BCUT2D eigenvalue weighted by Crippen LogP contribution is 2.39. The summed E-state index contributed by atoms with van der Waals surface area (Å²) in [4.78, 5) is 22.4. The van der Waals surface area contributed by atoms with Crippen molar-refractivity contribution in [1.82, 2.24) is 0 Å². The van der Waals surface area contributed by atoms with Crippen molar-refractivity contribution in [3.63, 3.8) is 0 Å². The summed E-state index contributed by atoms with van der Waals surface area (Å²) in [5.41, 5.74) is -2.89. The fraction of sp³-hybridized carbons (Fsp3) is 0.455. The van der Waals surface area contributed by atoms with Crippen LogP contribution < -0.4 is 0 Å². The quantitative estimate of drug-likeness (QED) is 0.747. The molecule has 0 aromatic heterocycles. The summed E-state index contributed by atoms with van der Waals surface area (Å²) in [6.07, 6.45) is 5.47. The van der Waals surface area contributed by atoms with Gasteiger partial charge in [0.2, 0.25) is 0 Å². The number of hydrogen-bond donors (Lipinski definition) is 1. The van der Waals surface area contributed by atoms with Crippen molar-refractivity contribution in [2.45, 2.75) is 25.9 Å². The van der Waals surface area contributed by atoms with Crippen molar-refractivity contribution < 1.29 is 14.7 Å². The maximum atomic E-state index is 11.3. The standard InChI is InChI=1S/C11H13ClO3/c1-8(14)10(2,15)11(7-13)5-3-9(12)4-6-11/h3-5,7,15H,6H2,1-2H3/t10-,11+/m1/s1. The number of carbonyl (C=O) groups excluding carboxylic acids is 2. The van der Waals surface area contributed by atoms with Crippen molar-refractivity contribution in [2.24, 2.45) is 5.41 Å². The van der Waals surface area contributed by atoms with Gasteiger partial charge in [0.05, 0.1) is 5.41 Å². The van der Waals surface area contributed by atoms with Gasteiger partial charge in [0, 0.05) is 5.03 Å². The zero-order valence-electron chi connectivity index (χ0n) is 8.66. The summed E-state index contributed by atoms with van der Waals surface area (Å²) in [5.74, 6) is -0.439. The summed E-state index contributed by atoms with van der Waals surface area (Å²) in [6, 6.07) is 0. The molecule has 0 bridgehead atoms. The molecule has 1 aliphatic rings. The summed E-state index contributed by atoms with van der Waals surface area (Å²) < 4.78 is 0. The van der Waals surface area contributed by atoms with Crippen molar-refractivity contribution in [1.29, 1.82) is 0 Å². The van der Waals surface area contributed by atoms with E-state index in [9.17, 15) is 14.7 Å². The first kappa shape index (κ1) is 12.1. The first-order valence-corrected chi connectivity index (χ1v) is 4.98. The SMILES string of the molecule is CC(=O)[C@@](C)(O)[C@@]1(C=O)C=CC(Cl)=CC1. The third-order valence-corrected chi connectivity index (χ3v) is 3.26. The summed E-state index contributed by atoms with van der Waals surface area (Å²) in [6.45, 7) is 2.61. The molecule has 0 aliphatic heterocycles. The maximum Gasteiger partial charge on any atom is 0.162 e. The lowest BCUT2D eigenvalue weighted by Crippen LogP contribution is -2.51. The van der Waals surface area contributed by atoms with Gasteiger partial charge in [-0.1, -0.05) is 23.8 Å². The Balaban J connectivity index is 3.14. The second-order valence-corrected chi connectivity index (χ2v) is 4.35. The highest BCUT2D eigenvalue weighted by Gasteiger charge is 2.48. The van der Waals surface area contributed by atoms with Gasteiger partial charge in [0.1, 0.15) is 11.9 Å². The zero-order valence-corrected chi connectivity index (χ0v) is 9.41. The minimum atomic E-state index is -1.70. The number of allylic oxidation sites excluding steroid dienone is 3. The highest BCUT2D eigenvalue weighted by atomic mass is 35.5. The molecule has 0 saturated carbocycles. The minimum absolute atomic E-state index is 0.235. The fourth-order valence-electron chi connectivity index (χ4n) is 1.52. The Morgan fingerprint density at radius 2 is 2.33 bits per heavy atom. The molecule has 15 heavy (non-hydrogen) atoms. The lowest BCUT2D eigenvalue weighted by molar-refractivity contribution is -0.149. The van der Waals surface area contributed by atoms with Gasteiger partial charge in [-0.05, 0) is 26.3 Å². The van der Waals surface area contributed by atoms with Gasteiger partial charge in [-0.15, -0.1) is 0 Å². The molecule has 4 heteroatoms. The van der Waals surface area contributed by atoms with Crippen LogP contribution in [0.25, 0.3) is 0 Å². The van der Waals surface area contributed by atoms with Crippen LogP contribution in [0.15, 0.2) is 23.3 Å². The number of ketones is 1. The van der Waals surface area contributed by atoms with Crippen molar-refractivity contribution >= 4 is 23.7 Å². The monoisotopic (exact) mass is 228 g/mol. The maximum absolute atomic E-state index is 11.3. The van der Waals surface area contributed by atoms with Crippen LogP contribution in [0.3, 0.4) is 0 Å². The highest BCUT2D eigenvalue weighted by molar-refractivity contribution is 6.31. The molecule has 0 spiro atoms. The van der Waals surface area contributed by atoms with E-state index in [0.717, 1.165) is 0 Å². The van der Waals surface area contributed by atoms with Crippen molar-refractivity contribution in [3.05, 3.63) is 23.3 Å². The molecule has 0 unspecified atom stereocenters. The van der Waals surface area contributed by atoms with E-state index in [1.54, 1.807) is 6.08 Å². The number of Topliss-reactive ketones (excluding diaryl/α,β-unsaturated/α-hetero) is 1. The number of rotatable bonds is 3. The molecule has 0 heterocycles. The van der Waals surface area contributed by atoms with E-state index >= 15 is 0 Å². The Labute approximate surface area is 93.4 Å². The van der Waals surface area contributed by atoms with Crippen LogP contribution in [0.4, 0.5) is 0 Å². The van der Waals surface area contributed by atoms with Crippen LogP contribution in [-0.4, -0.2) is 22.8 Å². The molecular formula is C11H13ClO3. The predicted octanol–water partition coefficient (Wildman–Crippen LogP) is 1.59. The number of aliphatic hydroxyl groups is 1. The van der Waals surface area contributed by atoms with E-state index in [0.29, 0.717) is 11.3 Å². The van der Waals surface area contributed by atoms with Crippen LogP contribution in [0.2, 0.25) is 0 Å². The average Bonchev–Trinajstić information content (AvgIpc) is 2.19. The van der Waals surface area contributed by atoms with Crippen LogP contribution >= 0.6 is 11.6 Å². The van der Waals surface area contributed by atoms with E-state index in [-0.39, 0.29) is 6.42 Å². The van der Waals surface area contributed by atoms with Gasteiger partial charge in [-0.2, -0.15) is 0 Å². The minimum Gasteiger partial charge on any atom is -0.381 e. The lowest BCUT2D eigenvalue weighted by Gasteiger charge is -2.38. The fourth-order valence-corrected chi connectivity index (χ4v) is 1.66. The van der Waals surface area contributed by atoms with Crippen molar-refractivity contribution in [3.8, 4) is 0 Å². The third kappa shape index (κ3) is 1.90. The van der Waals surface area contributed by atoms with E-state index in [2.05, 4.69) is 0 Å². The lowest BCUT2D eigenvalue weighted by atomic mass is 9.68. The average molecular weight is 229 g/mol. The summed E-state index contributed by atoms with van der Waals surface area (Å²) in [7, 11) is 0. The Hall–Kier alpha value is -0.930. The summed E-state index contributed by atoms with van der Waals surface area (Å²) >= 11 is 5.72. The number of aldehydes is 1. The predicted molar refractivity (Wildman–Crippen MR) is 57.5 cm³/mol. The molecule has 2 atom stereocenters. The van der Waals surface area contributed by atoms with Crippen LogP contribution in [0, 0.1) is 5.41 Å². The van der Waals surface area contributed by atoms with Crippen LogP contribution in [0.1, 0.15) is 20.3 Å². The topological polar surface area (TPSA) is 54.4 Å². The third-order valence-electron chi connectivity index (χ3n) is 2.98. The molecule has 1 N–H and O–H groups in total. The Morgan fingerprint density at radius 3 is 2.67 bits per heavy atom. The Bertz CT molecular complexity index is 355. The van der Waals surface area contributed by atoms with Gasteiger partial charge >= 0.3 is 0 Å². The van der Waals surface area contributed by atoms with E-state index in [4.69, 9.17) is 11.6 Å². The molecule has 0 amide bonds. The largest absolute Gasteiger partial charge is 0.381 e. The second-order valence-electron chi connectivity index (χ2n) is 3.91. The van der Waals surface area contributed by atoms with Gasteiger partial charge in [-0.25, -0.2) is 0 Å². The zero-order chi connectivity index (χ0) is 11.7. The molecule has 82 valence electrons. The van der Waals surface area contributed by atoms with Gasteiger partial charge in [-0.3, -0.25) is 4.79 Å². The molecule has 0 radical (unpaired) electrons. The van der Waals surface area contributed by atoms with Crippen molar-refractivity contribution in [2.75, 3.05) is 0 Å². The van der Waals surface area contributed by atoms with Crippen LogP contribution in [-0.2, 0) is 9.59 Å². The summed E-state index contributed by atoms with van der Waals surface area (Å²) in [5, 5.41) is 10.6. The van der Waals surface area contributed by atoms with Crippen LogP contribution in [0.5, 0.6) is 0 Å². The normalized spacial score (nSPS) is 29.2. The molecule has 3 nitrogen and oxygen atoms in total. The van der Waals surface area contributed by atoms with Gasteiger partial charge in [0.15, 0.2) is 5.78 Å². The molecular weight excluding hydrogens is 216 g/mol. The molecule has 0 aromatic carbocycles. The Morgan fingerprint density at radius 1 is 1.73 bits per heavy atom. The molecule has 1 rings (SSSR count). The van der Waals surface area contributed by atoms with E-state index in [1.165, 1.54) is 26.0 Å². The Kier molecular flexibility index (Phi) is 3.16. The molecule has 1 aliphatic carbocycles. The first-order chi connectivity index (χ1) is 6.85. The van der Waals surface area contributed by atoms with E-state index < -0.39 is 16.8 Å². The number of halogens is 1. The second kappa shape index (κ2) is 3.91. The number of hydrogen-bond acceptors (Lipinski definition) is 3. The smallest absolute Gasteiger partial charge is 0.162 e. The van der Waals surface area contributed by atoms with Gasteiger partial charge < -0.3 is 9.90 Å². The molecule has 0 aromatic rings. The van der Waals surface area contributed by atoms with E-state index in [1.807, 2.05) is 0 Å². The van der Waals surface area contributed by atoms with Gasteiger partial charge in [0.25, 0.3) is 0 Å².